The lowest BCUT2D eigenvalue weighted by molar-refractivity contribution is -0.142. The molecule has 2 aliphatic rings. The van der Waals surface area contributed by atoms with E-state index in [9.17, 15) is 9.59 Å². The van der Waals surface area contributed by atoms with Crippen molar-refractivity contribution >= 4 is 12.0 Å². The average molecular weight is 284 g/mol. The summed E-state index contributed by atoms with van der Waals surface area (Å²) in [5, 5.41) is 12.1. The van der Waals surface area contributed by atoms with E-state index in [2.05, 4.69) is 19.2 Å². The van der Waals surface area contributed by atoms with Crippen LogP contribution in [0.3, 0.4) is 0 Å². The molecule has 2 unspecified atom stereocenters. The first-order valence-electron chi connectivity index (χ1n) is 7.08. The van der Waals surface area contributed by atoms with Crippen molar-refractivity contribution in [1.29, 1.82) is 0 Å². The minimum atomic E-state index is -0.823. The number of hydrogen-bond acceptors (Lipinski definition) is 3. The molecular weight excluding hydrogens is 260 g/mol. The zero-order valence-electron chi connectivity index (χ0n) is 12.5. The molecule has 2 N–H and O–H groups in total. The van der Waals surface area contributed by atoms with Gasteiger partial charge in [-0.3, -0.25) is 4.79 Å². The Bertz CT molecular complexity index is 410. The predicted octanol–water partition coefficient (Wildman–Crippen LogP) is 1.16. The van der Waals surface area contributed by atoms with Crippen LogP contribution in [0, 0.1) is 17.3 Å². The molecule has 2 rings (SSSR count). The summed E-state index contributed by atoms with van der Waals surface area (Å²) < 4.78 is 5.36. The van der Waals surface area contributed by atoms with Crippen LogP contribution in [0.25, 0.3) is 0 Å². The Morgan fingerprint density at radius 1 is 1.35 bits per heavy atom. The number of aliphatic carboxylic acids is 1. The number of rotatable bonds is 3. The van der Waals surface area contributed by atoms with E-state index < -0.39 is 11.9 Å². The first-order valence-corrected chi connectivity index (χ1v) is 7.08. The van der Waals surface area contributed by atoms with Gasteiger partial charge in [0.15, 0.2) is 0 Å². The second kappa shape index (κ2) is 5.24. The molecule has 0 spiro atoms. The Morgan fingerprint density at radius 2 is 2.00 bits per heavy atom. The van der Waals surface area contributed by atoms with Crippen LogP contribution in [0.1, 0.15) is 27.2 Å². The molecule has 1 saturated carbocycles. The van der Waals surface area contributed by atoms with Crippen molar-refractivity contribution < 1.29 is 19.4 Å². The van der Waals surface area contributed by atoms with E-state index in [0.717, 1.165) is 6.42 Å². The smallest absolute Gasteiger partial charge is 0.317 e. The lowest BCUT2D eigenvalue weighted by Gasteiger charge is -2.51. The number of carbonyl (C=O) groups excluding carboxylic acids is 1. The molecule has 2 fully saturated rings. The zero-order chi connectivity index (χ0) is 15.1. The first-order chi connectivity index (χ1) is 9.27. The molecule has 6 nitrogen and oxygen atoms in total. The van der Waals surface area contributed by atoms with Crippen molar-refractivity contribution in [1.82, 2.24) is 10.2 Å². The Morgan fingerprint density at radius 3 is 2.45 bits per heavy atom. The summed E-state index contributed by atoms with van der Waals surface area (Å²) in [5.74, 6) is -1.28. The van der Waals surface area contributed by atoms with Crippen molar-refractivity contribution in [2.75, 3.05) is 20.2 Å². The lowest BCUT2D eigenvalue weighted by atomic mass is 9.64. The third-order valence-electron chi connectivity index (χ3n) is 4.98. The van der Waals surface area contributed by atoms with Crippen LogP contribution in [0.2, 0.25) is 0 Å². The van der Waals surface area contributed by atoms with Crippen LogP contribution in [-0.2, 0) is 9.53 Å². The number of carbonyl (C=O) groups is 2. The molecule has 4 atom stereocenters. The minimum absolute atomic E-state index is 0.000579. The molecule has 0 radical (unpaired) electrons. The highest BCUT2D eigenvalue weighted by Gasteiger charge is 2.50. The zero-order valence-corrected chi connectivity index (χ0v) is 12.5. The van der Waals surface area contributed by atoms with Crippen molar-refractivity contribution in [2.24, 2.45) is 17.3 Å². The SMILES string of the molecule is COC1CC(NC(=O)N2C[C@@H](C)[C@H](C(=O)O)C2)C1(C)C. The summed E-state index contributed by atoms with van der Waals surface area (Å²) in [7, 11) is 1.68. The van der Waals surface area contributed by atoms with E-state index in [0.29, 0.717) is 13.1 Å². The van der Waals surface area contributed by atoms with Crippen LogP contribution in [0.4, 0.5) is 4.79 Å². The normalized spacial score (nSPS) is 35.5. The summed E-state index contributed by atoms with van der Waals surface area (Å²) in [6.45, 7) is 6.82. The average Bonchev–Trinajstić information content (AvgIpc) is 2.76. The molecule has 0 aromatic heterocycles. The highest BCUT2D eigenvalue weighted by molar-refractivity contribution is 5.78. The number of hydrogen-bond donors (Lipinski definition) is 2. The van der Waals surface area contributed by atoms with Gasteiger partial charge in [0.05, 0.1) is 12.0 Å². The van der Waals surface area contributed by atoms with E-state index in [-0.39, 0.29) is 29.5 Å². The highest BCUT2D eigenvalue weighted by Crippen LogP contribution is 2.42. The van der Waals surface area contributed by atoms with Gasteiger partial charge in [0.25, 0.3) is 0 Å². The van der Waals surface area contributed by atoms with Gasteiger partial charge in [-0.2, -0.15) is 0 Å². The lowest BCUT2D eigenvalue weighted by Crippen LogP contribution is -2.63. The van der Waals surface area contributed by atoms with Gasteiger partial charge in [-0.15, -0.1) is 0 Å². The topological polar surface area (TPSA) is 78.9 Å². The van der Waals surface area contributed by atoms with Crippen molar-refractivity contribution in [2.45, 2.75) is 39.3 Å². The van der Waals surface area contributed by atoms with Crippen molar-refractivity contribution in [3.8, 4) is 0 Å². The van der Waals surface area contributed by atoms with Gasteiger partial charge in [0, 0.05) is 31.7 Å². The molecule has 6 heteroatoms. The third kappa shape index (κ3) is 2.49. The molecular formula is C14H24N2O4. The van der Waals surface area contributed by atoms with E-state index in [1.165, 1.54) is 0 Å². The minimum Gasteiger partial charge on any atom is -0.481 e. The summed E-state index contributed by atoms with van der Waals surface area (Å²) in [6.07, 6.45) is 0.970. The molecule has 0 aromatic carbocycles. The predicted molar refractivity (Wildman–Crippen MR) is 73.4 cm³/mol. The monoisotopic (exact) mass is 284 g/mol. The van der Waals surface area contributed by atoms with E-state index in [1.54, 1.807) is 12.0 Å². The maximum atomic E-state index is 12.2. The van der Waals surface area contributed by atoms with Crippen LogP contribution >= 0.6 is 0 Å². The number of ether oxygens (including phenoxy) is 1. The van der Waals surface area contributed by atoms with Crippen molar-refractivity contribution in [3.63, 3.8) is 0 Å². The molecule has 20 heavy (non-hydrogen) atoms. The molecule has 114 valence electrons. The van der Waals surface area contributed by atoms with Gasteiger partial charge in [0.1, 0.15) is 0 Å². The van der Waals surface area contributed by atoms with Crippen LogP contribution in [0.15, 0.2) is 0 Å². The van der Waals surface area contributed by atoms with Gasteiger partial charge >= 0.3 is 12.0 Å². The van der Waals surface area contributed by atoms with Gasteiger partial charge in [-0.05, 0) is 12.3 Å². The fraction of sp³-hybridized carbons (Fsp3) is 0.857. The summed E-state index contributed by atoms with van der Waals surface area (Å²) in [5.41, 5.74) is -0.0814. The van der Waals surface area contributed by atoms with Gasteiger partial charge < -0.3 is 20.1 Å². The van der Waals surface area contributed by atoms with E-state index >= 15 is 0 Å². The van der Waals surface area contributed by atoms with Crippen molar-refractivity contribution in [3.05, 3.63) is 0 Å². The van der Waals surface area contributed by atoms with Gasteiger partial charge in [-0.25, -0.2) is 4.79 Å². The Labute approximate surface area is 119 Å². The Kier molecular flexibility index (Phi) is 3.95. The Balaban J connectivity index is 1.90. The quantitative estimate of drug-likeness (QED) is 0.815. The second-order valence-corrected chi connectivity index (χ2v) is 6.61. The number of likely N-dealkylation sites (tertiary alicyclic amines) is 1. The molecule has 1 aliphatic carbocycles. The Hall–Kier alpha value is -1.30. The number of carboxylic acid groups (broad SMARTS) is 1. The number of nitrogens with zero attached hydrogens (tertiary/aromatic N) is 1. The fourth-order valence-electron chi connectivity index (χ4n) is 3.22. The number of carboxylic acids is 1. The fourth-order valence-corrected chi connectivity index (χ4v) is 3.22. The number of methoxy groups -OCH3 is 1. The van der Waals surface area contributed by atoms with Gasteiger partial charge in [-0.1, -0.05) is 20.8 Å². The third-order valence-corrected chi connectivity index (χ3v) is 4.98. The molecule has 0 aromatic rings. The standard InChI is InChI=1S/C14H24N2O4/c1-8-6-16(7-9(8)12(17)18)13(19)15-10-5-11(20-4)14(10,2)3/h8-11H,5-7H2,1-4H3,(H,15,19)(H,17,18)/t8-,9-,10?,11?/m1/s1. The van der Waals surface area contributed by atoms with E-state index in [4.69, 9.17) is 9.84 Å². The number of nitrogens with one attached hydrogen (secondary N) is 1. The molecule has 2 amide bonds. The maximum absolute atomic E-state index is 12.2. The summed E-state index contributed by atoms with van der Waals surface area (Å²) in [4.78, 5) is 24.9. The number of amides is 2. The van der Waals surface area contributed by atoms with E-state index in [1.807, 2.05) is 6.92 Å². The van der Waals surface area contributed by atoms with Crippen LogP contribution in [-0.4, -0.2) is 54.4 Å². The van der Waals surface area contributed by atoms with Crippen LogP contribution in [0.5, 0.6) is 0 Å². The second-order valence-electron chi connectivity index (χ2n) is 6.61. The first kappa shape index (κ1) is 15.1. The summed E-state index contributed by atoms with van der Waals surface area (Å²) in [6, 6.07) is -0.0765. The molecule has 0 bridgehead atoms. The van der Waals surface area contributed by atoms with Crippen LogP contribution < -0.4 is 5.32 Å². The summed E-state index contributed by atoms with van der Waals surface area (Å²) >= 11 is 0. The van der Waals surface area contributed by atoms with Gasteiger partial charge in [0.2, 0.25) is 0 Å². The maximum Gasteiger partial charge on any atom is 0.317 e. The number of urea groups is 1. The molecule has 1 aliphatic heterocycles. The largest absolute Gasteiger partial charge is 0.481 e. The molecule has 1 saturated heterocycles. The molecule has 1 heterocycles. The highest BCUT2D eigenvalue weighted by atomic mass is 16.5.